The third-order valence-corrected chi connectivity index (χ3v) is 4.59. The van der Waals surface area contributed by atoms with Gasteiger partial charge in [0.1, 0.15) is 12.0 Å². The minimum atomic E-state index is -0.350. The van der Waals surface area contributed by atoms with Gasteiger partial charge in [-0.2, -0.15) is 5.10 Å². The third-order valence-electron chi connectivity index (χ3n) is 4.59. The van der Waals surface area contributed by atoms with E-state index in [4.69, 9.17) is 9.15 Å². The second-order valence-electron chi connectivity index (χ2n) is 6.88. The minimum absolute atomic E-state index is 0.0300. The van der Waals surface area contributed by atoms with Gasteiger partial charge in [-0.1, -0.05) is 0 Å². The van der Waals surface area contributed by atoms with Crippen molar-refractivity contribution in [2.24, 2.45) is 0 Å². The Morgan fingerprint density at radius 2 is 2.24 bits per heavy atom. The summed E-state index contributed by atoms with van der Waals surface area (Å²) in [4.78, 5) is 24.6. The zero-order valence-corrected chi connectivity index (χ0v) is 14.8. The predicted octanol–water partition coefficient (Wildman–Crippen LogP) is 3.06. The van der Waals surface area contributed by atoms with Gasteiger partial charge in [0.2, 0.25) is 0 Å². The van der Waals surface area contributed by atoms with E-state index in [-0.39, 0.29) is 17.3 Å². The van der Waals surface area contributed by atoms with Gasteiger partial charge in [-0.15, -0.1) is 0 Å². The third kappa shape index (κ3) is 3.82. The molecule has 7 heteroatoms. The number of methoxy groups -OCH3 is 1. The van der Waals surface area contributed by atoms with Crippen LogP contribution in [0.15, 0.2) is 23.1 Å². The molecule has 0 radical (unpaired) electrons. The molecular formula is C18H23N3O4. The van der Waals surface area contributed by atoms with Gasteiger partial charge >= 0.3 is 0 Å². The van der Waals surface area contributed by atoms with Gasteiger partial charge in [-0.05, 0) is 26.7 Å². The normalized spacial score (nSPS) is 14.4. The molecule has 2 aromatic rings. The number of nitrogens with zero attached hydrogens (tertiary/aromatic N) is 2. The molecule has 0 fully saturated rings. The van der Waals surface area contributed by atoms with Crippen molar-refractivity contribution in [3.05, 3.63) is 35.5 Å². The highest BCUT2D eigenvalue weighted by molar-refractivity contribution is 6.13. The lowest BCUT2D eigenvalue weighted by molar-refractivity contribution is 0.0113. The number of carbonyl (C=O) groups excluding carboxylic acids is 2. The number of nitrogens with one attached hydrogen (secondary N) is 1. The number of hydrogen-bond acceptors (Lipinski definition) is 5. The molecular weight excluding hydrogens is 322 g/mol. The standard InChI is InChI=1S/C18H23N3O4/c1-18(2,24-3)7-8-21-10-12(9-19-21)20-17(23)13-11-25-15-6-4-5-14(22)16(13)15/h9-11H,4-8H2,1-3H3,(H,20,23). The minimum Gasteiger partial charge on any atom is -0.468 e. The van der Waals surface area contributed by atoms with Crippen molar-refractivity contribution in [2.45, 2.75) is 51.7 Å². The SMILES string of the molecule is COC(C)(C)CCn1cc(NC(=O)c2coc3c2C(=O)CCC3)cn1. The van der Waals surface area contributed by atoms with Crippen LogP contribution < -0.4 is 5.32 Å². The summed E-state index contributed by atoms with van der Waals surface area (Å²) in [7, 11) is 1.68. The van der Waals surface area contributed by atoms with Gasteiger partial charge in [0, 0.05) is 32.7 Å². The number of fused-ring (bicyclic) bond motifs is 1. The number of ketones is 1. The van der Waals surface area contributed by atoms with Crippen LogP contribution in [0.1, 0.15) is 59.6 Å². The molecule has 0 saturated heterocycles. The number of aromatic nitrogens is 2. The predicted molar refractivity (Wildman–Crippen MR) is 91.9 cm³/mol. The Morgan fingerprint density at radius 1 is 1.44 bits per heavy atom. The Bertz CT molecular complexity index is 788. The molecule has 3 rings (SSSR count). The first-order chi connectivity index (χ1) is 11.9. The first-order valence-corrected chi connectivity index (χ1v) is 8.42. The van der Waals surface area contributed by atoms with Gasteiger partial charge in [0.25, 0.3) is 5.91 Å². The summed E-state index contributed by atoms with van der Waals surface area (Å²) in [6, 6.07) is 0. The summed E-state index contributed by atoms with van der Waals surface area (Å²) in [5.41, 5.74) is 1.08. The van der Waals surface area contributed by atoms with Gasteiger partial charge in [0.15, 0.2) is 5.78 Å². The van der Waals surface area contributed by atoms with Crippen LogP contribution in [0.3, 0.4) is 0 Å². The van der Waals surface area contributed by atoms with Crippen LogP contribution in [0.2, 0.25) is 0 Å². The maximum absolute atomic E-state index is 12.5. The van der Waals surface area contributed by atoms with E-state index in [0.29, 0.717) is 42.0 Å². The van der Waals surface area contributed by atoms with E-state index in [9.17, 15) is 9.59 Å². The molecule has 0 bridgehead atoms. The van der Waals surface area contributed by atoms with Crippen molar-refractivity contribution in [2.75, 3.05) is 12.4 Å². The fourth-order valence-corrected chi connectivity index (χ4v) is 2.82. The average molecular weight is 345 g/mol. The fraction of sp³-hybridized carbons (Fsp3) is 0.500. The van der Waals surface area contributed by atoms with E-state index < -0.39 is 0 Å². The van der Waals surface area contributed by atoms with Crippen molar-refractivity contribution in [3.8, 4) is 0 Å². The van der Waals surface area contributed by atoms with E-state index in [2.05, 4.69) is 10.4 Å². The summed E-state index contributed by atoms with van der Waals surface area (Å²) < 4.78 is 12.5. The first-order valence-electron chi connectivity index (χ1n) is 8.42. The molecule has 0 aromatic carbocycles. The van der Waals surface area contributed by atoms with E-state index in [1.165, 1.54) is 6.26 Å². The molecule has 1 N–H and O–H groups in total. The van der Waals surface area contributed by atoms with Crippen LogP contribution in [-0.2, 0) is 17.7 Å². The number of aryl methyl sites for hydroxylation is 2. The van der Waals surface area contributed by atoms with Crippen LogP contribution in [0.4, 0.5) is 5.69 Å². The Morgan fingerprint density at radius 3 is 3.00 bits per heavy atom. The van der Waals surface area contributed by atoms with Crippen LogP contribution >= 0.6 is 0 Å². The van der Waals surface area contributed by atoms with Gasteiger partial charge in [0.05, 0.1) is 28.6 Å². The number of furan rings is 1. The molecule has 7 nitrogen and oxygen atoms in total. The molecule has 0 spiro atoms. The lowest BCUT2D eigenvalue weighted by Crippen LogP contribution is -2.24. The Kier molecular flexibility index (Phi) is 4.76. The molecule has 0 aliphatic heterocycles. The zero-order chi connectivity index (χ0) is 18.0. The number of carbonyl (C=O) groups is 2. The second-order valence-corrected chi connectivity index (χ2v) is 6.88. The Labute approximate surface area is 146 Å². The summed E-state index contributed by atoms with van der Waals surface area (Å²) in [6.07, 6.45) is 7.44. The second kappa shape index (κ2) is 6.84. The van der Waals surface area contributed by atoms with Gasteiger partial charge < -0.3 is 14.5 Å². The van der Waals surface area contributed by atoms with Crippen LogP contribution in [0.25, 0.3) is 0 Å². The summed E-state index contributed by atoms with van der Waals surface area (Å²) in [6.45, 7) is 4.70. The average Bonchev–Trinajstić information content (AvgIpc) is 3.20. The summed E-state index contributed by atoms with van der Waals surface area (Å²) >= 11 is 0. The molecule has 1 amide bonds. The molecule has 2 aromatic heterocycles. The highest BCUT2D eigenvalue weighted by atomic mass is 16.5. The molecule has 134 valence electrons. The maximum Gasteiger partial charge on any atom is 0.259 e. The van der Waals surface area contributed by atoms with E-state index in [1.54, 1.807) is 24.2 Å². The lowest BCUT2D eigenvalue weighted by atomic mass is 9.94. The fourth-order valence-electron chi connectivity index (χ4n) is 2.82. The highest BCUT2D eigenvalue weighted by Crippen LogP contribution is 2.27. The number of ether oxygens (including phenoxy) is 1. The Hall–Kier alpha value is -2.41. The zero-order valence-electron chi connectivity index (χ0n) is 14.8. The van der Waals surface area contributed by atoms with Crippen LogP contribution in [0.5, 0.6) is 0 Å². The molecule has 0 saturated carbocycles. The van der Waals surface area contributed by atoms with Crippen molar-refractivity contribution < 1.29 is 18.7 Å². The van der Waals surface area contributed by atoms with Crippen molar-refractivity contribution >= 4 is 17.4 Å². The monoisotopic (exact) mass is 345 g/mol. The summed E-state index contributed by atoms with van der Waals surface area (Å²) in [5.74, 6) is 0.230. The number of Topliss-reactive ketones (excluding diaryl/α,β-unsaturated/α-hetero) is 1. The van der Waals surface area contributed by atoms with Crippen molar-refractivity contribution in [3.63, 3.8) is 0 Å². The molecule has 1 aliphatic rings. The number of anilines is 1. The van der Waals surface area contributed by atoms with Crippen LogP contribution in [-0.4, -0.2) is 34.2 Å². The molecule has 0 unspecified atom stereocenters. The molecule has 0 atom stereocenters. The van der Waals surface area contributed by atoms with Gasteiger partial charge in [-0.3, -0.25) is 14.3 Å². The number of amides is 1. The Balaban J connectivity index is 1.67. The topological polar surface area (TPSA) is 86.4 Å². The van der Waals surface area contributed by atoms with Crippen molar-refractivity contribution in [1.82, 2.24) is 9.78 Å². The maximum atomic E-state index is 12.5. The first kappa shape index (κ1) is 17.4. The molecule has 25 heavy (non-hydrogen) atoms. The smallest absolute Gasteiger partial charge is 0.259 e. The van der Waals surface area contributed by atoms with E-state index in [0.717, 1.165) is 12.8 Å². The summed E-state index contributed by atoms with van der Waals surface area (Å²) in [5, 5.41) is 7.03. The van der Waals surface area contributed by atoms with Gasteiger partial charge in [-0.25, -0.2) is 0 Å². The van der Waals surface area contributed by atoms with Crippen molar-refractivity contribution in [1.29, 1.82) is 0 Å². The number of hydrogen-bond donors (Lipinski definition) is 1. The lowest BCUT2D eigenvalue weighted by Gasteiger charge is -2.22. The highest BCUT2D eigenvalue weighted by Gasteiger charge is 2.28. The molecule has 2 heterocycles. The van der Waals surface area contributed by atoms with E-state index in [1.807, 2.05) is 13.8 Å². The quantitative estimate of drug-likeness (QED) is 0.869. The molecule has 1 aliphatic carbocycles. The number of rotatable bonds is 6. The van der Waals surface area contributed by atoms with Crippen LogP contribution in [0, 0.1) is 0 Å². The largest absolute Gasteiger partial charge is 0.468 e. The van der Waals surface area contributed by atoms with E-state index >= 15 is 0 Å².